The van der Waals surface area contributed by atoms with E-state index in [2.05, 4.69) is 0 Å². The molecule has 1 aliphatic heterocycles. The van der Waals surface area contributed by atoms with Gasteiger partial charge in [0.1, 0.15) is 11.3 Å². The monoisotopic (exact) mass is 393 g/mol. The molecule has 0 N–H and O–H groups in total. The predicted molar refractivity (Wildman–Crippen MR) is 101 cm³/mol. The Balaban J connectivity index is 1.52. The normalized spacial score (nSPS) is 13.7. The highest BCUT2D eigenvalue weighted by molar-refractivity contribution is 6.01. The molecule has 0 unspecified atom stereocenters. The van der Waals surface area contributed by atoms with Gasteiger partial charge in [0.05, 0.1) is 0 Å². The quantitative estimate of drug-likeness (QED) is 0.484. The molecule has 8 nitrogen and oxygen atoms in total. The number of hydroxylamine groups is 2. The molecule has 2 heterocycles. The van der Waals surface area contributed by atoms with Gasteiger partial charge >= 0.3 is 11.6 Å². The number of imide groups is 1. The molecule has 0 aliphatic carbocycles. The topological polar surface area (TPSA) is 103 Å². The summed E-state index contributed by atoms with van der Waals surface area (Å²) in [7, 11) is 0. The van der Waals surface area contributed by atoms with Crippen molar-refractivity contribution in [1.29, 1.82) is 0 Å². The highest BCUT2D eigenvalue weighted by Crippen LogP contribution is 2.29. The second kappa shape index (κ2) is 7.59. The summed E-state index contributed by atoms with van der Waals surface area (Å²) in [6.45, 7) is -0.523. The van der Waals surface area contributed by atoms with Gasteiger partial charge in [-0.25, -0.2) is 9.59 Å². The summed E-state index contributed by atoms with van der Waals surface area (Å²) in [4.78, 5) is 51.5. The highest BCUT2D eigenvalue weighted by atomic mass is 16.7. The van der Waals surface area contributed by atoms with Gasteiger partial charge in [-0.05, 0) is 23.3 Å². The zero-order valence-electron chi connectivity index (χ0n) is 15.1. The number of carbonyl (C=O) groups excluding carboxylic acids is 3. The van der Waals surface area contributed by atoms with Crippen LogP contribution in [0.1, 0.15) is 12.8 Å². The Morgan fingerprint density at radius 1 is 0.966 bits per heavy atom. The van der Waals surface area contributed by atoms with Gasteiger partial charge in [0.25, 0.3) is 11.8 Å². The summed E-state index contributed by atoms with van der Waals surface area (Å²) >= 11 is 0. The van der Waals surface area contributed by atoms with Crippen LogP contribution in [0.15, 0.2) is 63.8 Å². The van der Waals surface area contributed by atoms with E-state index in [4.69, 9.17) is 14.0 Å². The lowest BCUT2D eigenvalue weighted by molar-refractivity contribution is -0.198. The van der Waals surface area contributed by atoms with Crippen LogP contribution >= 0.6 is 0 Å². The van der Waals surface area contributed by atoms with Crippen molar-refractivity contribution < 1.29 is 28.4 Å². The number of fused-ring (bicyclic) bond motifs is 1. The fourth-order valence-electron chi connectivity index (χ4n) is 3.02. The maximum absolute atomic E-state index is 12.0. The number of amides is 2. The Morgan fingerprint density at radius 2 is 1.69 bits per heavy atom. The Labute approximate surface area is 164 Å². The zero-order valence-corrected chi connectivity index (χ0v) is 15.1. The van der Waals surface area contributed by atoms with Gasteiger partial charge in [-0.2, -0.15) is 0 Å². The van der Waals surface area contributed by atoms with E-state index in [1.807, 2.05) is 30.3 Å². The van der Waals surface area contributed by atoms with Gasteiger partial charge in [0.15, 0.2) is 6.61 Å². The third-order valence-electron chi connectivity index (χ3n) is 4.36. The molecule has 1 aliphatic rings. The van der Waals surface area contributed by atoms with Crippen molar-refractivity contribution in [2.24, 2.45) is 0 Å². The van der Waals surface area contributed by atoms with Crippen LogP contribution in [0.4, 0.5) is 0 Å². The van der Waals surface area contributed by atoms with Crippen molar-refractivity contribution >= 4 is 28.8 Å². The van der Waals surface area contributed by atoms with Crippen molar-refractivity contribution in [1.82, 2.24) is 5.06 Å². The summed E-state index contributed by atoms with van der Waals surface area (Å²) < 4.78 is 10.6. The third-order valence-corrected chi connectivity index (χ3v) is 4.36. The second-order valence-corrected chi connectivity index (χ2v) is 6.34. The van der Waals surface area contributed by atoms with Gasteiger partial charge < -0.3 is 14.0 Å². The average molecular weight is 393 g/mol. The fourth-order valence-corrected chi connectivity index (χ4v) is 3.02. The first-order valence-electron chi connectivity index (χ1n) is 8.84. The van der Waals surface area contributed by atoms with Crippen LogP contribution in [0.3, 0.4) is 0 Å². The van der Waals surface area contributed by atoms with E-state index in [1.165, 1.54) is 12.1 Å². The molecule has 0 radical (unpaired) electrons. The standard InChI is InChI=1S/C21H15NO7/c23-18-8-9-19(24)22(18)29-21(26)12-27-14-6-7-15-16(13-4-2-1-3-5-13)11-20(25)28-17(15)10-14/h1-7,10-11H,8-9,12H2. The van der Waals surface area contributed by atoms with Crippen molar-refractivity contribution in [3.8, 4) is 16.9 Å². The lowest BCUT2D eigenvalue weighted by Crippen LogP contribution is -2.33. The van der Waals surface area contributed by atoms with Crippen molar-refractivity contribution in [2.45, 2.75) is 12.8 Å². The van der Waals surface area contributed by atoms with E-state index in [1.54, 1.807) is 12.1 Å². The Hall–Kier alpha value is -3.94. The number of nitrogens with zero attached hydrogens (tertiary/aromatic N) is 1. The molecule has 2 amide bonds. The molecular formula is C21H15NO7. The molecule has 0 spiro atoms. The van der Waals surface area contributed by atoms with E-state index in [0.29, 0.717) is 21.6 Å². The van der Waals surface area contributed by atoms with Gasteiger partial charge in [-0.3, -0.25) is 9.59 Å². The summed E-state index contributed by atoms with van der Waals surface area (Å²) in [5.74, 6) is -1.76. The first-order chi connectivity index (χ1) is 14.0. The van der Waals surface area contributed by atoms with Gasteiger partial charge in [0, 0.05) is 30.4 Å². The minimum atomic E-state index is -0.895. The van der Waals surface area contributed by atoms with Gasteiger partial charge in [-0.1, -0.05) is 30.3 Å². The highest BCUT2D eigenvalue weighted by Gasteiger charge is 2.32. The zero-order chi connectivity index (χ0) is 20.4. The third kappa shape index (κ3) is 3.86. The summed E-state index contributed by atoms with van der Waals surface area (Å²) in [5, 5.41) is 1.16. The molecule has 1 aromatic heterocycles. The van der Waals surface area contributed by atoms with E-state index >= 15 is 0 Å². The first kappa shape index (κ1) is 18.4. The lowest BCUT2D eigenvalue weighted by atomic mass is 10.0. The van der Waals surface area contributed by atoms with Crippen LogP contribution in [0.25, 0.3) is 22.1 Å². The van der Waals surface area contributed by atoms with Crippen LogP contribution < -0.4 is 10.4 Å². The van der Waals surface area contributed by atoms with Crippen LogP contribution in [-0.2, 0) is 19.2 Å². The van der Waals surface area contributed by atoms with Crippen LogP contribution in [0.5, 0.6) is 5.75 Å². The Morgan fingerprint density at radius 3 is 2.41 bits per heavy atom. The van der Waals surface area contributed by atoms with Crippen LogP contribution in [-0.4, -0.2) is 29.5 Å². The second-order valence-electron chi connectivity index (χ2n) is 6.34. The SMILES string of the molecule is O=C(COc1ccc2c(-c3ccccc3)cc(=O)oc2c1)ON1C(=O)CCC1=O. The Bertz CT molecular complexity index is 1150. The lowest BCUT2D eigenvalue weighted by Gasteiger charge is -2.13. The molecule has 4 rings (SSSR count). The van der Waals surface area contributed by atoms with Gasteiger partial charge in [0.2, 0.25) is 0 Å². The minimum absolute atomic E-state index is 0.0143. The number of ether oxygens (including phenoxy) is 1. The Kier molecular flexibility index (Phi) is 4.82. The van der Waals surface area contributed by atoms with E-state index < -0.39 is 30.0 Å². The molecule has 0 atom stereocenters. The molecule has 29 heavy (non-hydrogen) atoms. The van der Waals surface area contributed by atoms with Crippen molar-refractivity contribution in [2.75, 3.05) is 6.61 Å². The van der Waals surface area contributed by atoms with Crippen molar-refractivity contribution in [3.63, 3.8) is 0 Å². The van der Waals surface area contributed by atoms with E-state index in [9.17, 15) is 19.2 Å². The largest absolute Gasteiger partial charge is 0.482 e. The average Bonchev–Trinajstić information content (AvgIpc) is 3.04. The summed E-state index contributed by atoms with van der Waals surface area (Å²) in [6.07, 6.45) is 0.0286. The molecule has 146 valence electrons. The molecule has 2 aromatic carbocycles. The molecular weight excluding hydrogens is 378 g/mol. The fraction of sp³-hybridized carbons (Fsp3) is 0.143. The smallest absolute Gasteiger partial charge is 0.370 e. The van der Waals surface area contributed by atoms with E-state index in [-0.39, 0.29) is 18.6 Å². The number of rotatable bonds is 5. The summed E-state index contributed by atoms with van der Waals surface area (Å²) in [5.41, 5.74) is 1.36. The molecule has 8 heteroatoms. The number of hydrogen-bond acceptors (Lipinski definition) is 7. The number of hydrogen-bond donors (Lipinski definition) is 0. The first-order valence-corrected chi connectivity index (χ1v) is 8.84. The minimum Gasteiger partial charge on any atom is -0.482 e. The van der Waals surface area contributed by atoms with Crippen LogP contribution in [0, 0.1) is 0 Å². The molecule has 3 aromatic rings. The molecule has 0 saturated carbocycles. The van der Waals surface area contributed by atoms with E-state index in [0.717, 1.165) is 5.56 Å². The summed E-state index contributed by atoms with van der Waals surface area (Å²) in [6, 6.07) is 15.6. The molecule has 1 fully saturated rings. The van der Waals surface area contributed by atoms with Gasteiger partial charge in [-0.15, -0.1) is 5.06 Å². The number of benzene rings is 2. The molecule has 0 bridgehead atoms. The maximum Gasteiger partial charge on any atom is 0.370 e. The van der Waals surface area contributed by atoms with Crippen LogP contribution in [0.2, 0.25) is 0 Å². The molecule has 1 saturated heterocycles. The van der Waals surface area contributed by atoms with Crippen molar-refractivity contribution in [3.05, 3.63) is 65.0 Å². The predicted octanol–water partition coefficient (Wildman–Crippen LogP) is 2.45. The maximum atomic E-state index is 12.0. The number of carbonyl (C=O) groups is 3.